The molecule has 3 nitrogen and oxygen atoms in total. The molecule has 0 saturated carbocycles. The topological polar surface area (TPSA) is 38.7 Å². The Morgan fingerprint density at radius 1 is 0.576 bits per heavy atom. The highest BCUT2D eigenvalue weighted by Gasteiger charge is 2.14. The van der Waals surface area contributed by atoms with Crippen LogP contribution in [0.4, 0.5) is 0 Å². The lowest BCUT2D eigenvalue weighted by Crippen LogP contribution is -2.00. The second kappa shape index (κ2) is 8.12. The Labute approximate surface area is 210 Å². The van der Waals surface area contributed by atoms with E-state index < -0.39 is 42.3 Å². The molecule has 1 heterocycles. The summed E-state index contributed by atoms with van der Waals surface area (Å²) in [6.45, 7) is 0. The summed E-state index contributed by atoms with van der Waals surface area (Å²) in [5, 5.41) is 0.866. The van der Waals surface area contributed by atoms with Crippen LogP contribution in [0.3, 0.4) is 0 Å². The second-order valence-corrected chi connectivity index (χ2v) is 7.46. The molecule has 0 aliphatic rings. The van der Waals surface area contributed by atoms with Gasteiger partial charge in [-0.25, -0.2) is 15.0 Å². The van der Waals surface area contributed by atoms with Crippen LogP contribution in [0.15, 0.2) is 109 Å². The summed E-state index contributed by atoms with van der Waals surface area (Å²) in [6, 6.07) is 9.36. The van der Waals surface area contributed by atoms with Crippen LogP contribution in [0.25, 0.3) is 55.7 Å². The molecule has 6 rings (SSSR count). The van der Waals surface area contributed by atoms with Gasteiger partial charge in [-0.1, -0.05) is 102 Å². The molecule has 5 aromatic carbocycles. The molecule has 4 heteroatoms. The molecule has 0 atom stereocenters. The van der Waals surface area contributed by atoms with Crippen molar-refractivity contribution in [3.63, 3.8) is 0 Å². The van der Waals surface area contributed by atoms with E-state index in [4.69, 9.17) is 25.3 Å². The van der Waals surface area contributed by atoms with Gasteiger partial charge in [0.25, 0.3) is 0 Å². The minimum atomic E-state index is -0.593. The lowest BCUT2D eigenvalue weighted by atomic mass is 10.0. The summed E-state index contributed by atoms with van der Waals surface area (Å²) < 4.78 is 84.3. The van der Waals surface area contributed by atoms with E-state index in [9.17, 15) is 0 Å². The van der Waals surface area contributed by atoms with Crippen molar-refractivity contribution >= 4 is 33.1 Å². The number of halogens is 1. The van der Waals surface area contributed by atoms with Crippen LogP contribution in [-0.2, 0) is 0 Å². The van der Waals surface area contributed by atoms with Crippen LogP contribution >= 0.6 is 11.6 Å². The quantitative estimate of drug-likeness (QED) is 0.274. The number of benzene rings is 5. The first-order valence-corrected chi connectivity index (χ1v) is 10.3. The number of hydrogen-bond donors (Lipinski definition) is 0. The maximum absolute atomic E-state index is 8.98. The van der Waals surface area contributed by atoms with Gasteiger partial charge in [0.1, 0.15) is 0 Å². The molecule has 0 amide bonds. The third-order valence-corrected chi connectivity index (χ3v) is 5.22. The molecule has 0 saturated heterocycles. The minimum absolute atomic E-state index is 0.0714. The van der Waals surface area contributed by atoms with Crippen molar-refractivity contribution in [2.24, 2.45) is 0 Å². The van der Waals surface area contributed by atoms with Crippen LogP contribution < -0.4 is 0 Å². The molecule has 0 aliphatic heterocycles. The average molecular weight is 454 g/mol. The molecule has 0 N–H and O–H groups in total. The lowest BCUT2D eigenvalue weighted by molar-refractivity contribution is 1.08. The maximum atomic E-state index is 8.98. The third-order valence-electron chi connectivity index (χ3n) is 5.01. The van der Waals surface area contributed by atoms with E-state index in [2.05, 4.69) is 15.0 Å². The van der Waals surface area contributed by atoms with Crippen LogP contribution in [0, 0.1) is 0 Å². The van der Waals surface area contributed by atoms with Gasteiger partial charge in [-0.15, -0.1) is 0 Å². The number of hydrogen-bond acceptors (Lipinski definition) is 3. The van der Waals surface area contributed by atoms with E-state index in [0.29, 0.717) is 5.56 Å². The largest absolute Gasteiger partial charge is 0.208 e. The Morgan fingerprint density at radius 2 is 1.30 bits per heavy atom. The zero-order valence-electron chi connectivity index (χ0n) is 26.8. The maximum Gasteiger partial charge on any atom is 0.164 e. The van der Waals surface area contributed by atoms with Crippen molar-refractivity contribution in [3.8, 4) is 34.2 Å². The predicted octanol–water partition coefficient (Wildman–Crippen LogP) is 7.83. The molecule has 6 aromatic rings. The summed E-state index contributed by atoms with van der Waals surface area (Å²) >= 11 is 6.21. The van der Waals surface area contributed by atoms with E-state index in [1.54, 1.807) is 12.1 Å². The summed E-state index contributed by atoms with van der Waals surface area (Å²) in [5.74, 6) is -0.386. The number of rotatable bonds is 3. The fourth-order valence-corrected chi connectivity index (χ4v) is 3.66. The first-order valence-electron chi connectivity index (χ1n) is 14.9. The smallest absolute Gasteiger partial charge is 0.164 e. The summed E-state index contributed by atoms with van der Waals surface area (Å²) in [6.07, 6.45) is 0. The molecule has 0 spiro atoms. The summed E-state index contributed by atoms with van der Waals surface area (Å²) in [4.78, 5) is 13.6. The fourth-order valence-electron chi connectivity index (χ4n) is 3.51. The number of nitrogens with zero attached hydrogens (tertiary/aromatic N) is 3. The molecule has 1 aromatic heterocycles. The van der Waals surface area contributed by atoms with Gasteiger partial charge in [0.2, 0.25) is 0 Å². The van der Waals surface area contributed by atoms with Crippen molar-refractivity contribution in [1.29, 1.82) is 0 Å². The lowest BCUT2D eigenvalue weighted by Gasteiger charge is -2.11. The average Bonchev–Trinajstić information content (AvgIpc) is 2.99. The van der Waals surface area contributed by atoms with E-state index in [1.807, 2.05) is 30.3 Å². The van der Waals surface area contributed by atoms with Crippen molar-refractivity contribution < 1.29 is 13.7 Å². The van der Waals surface area contributed by atoms with Gasteiger partial charge in [0.15, 0.2) is 17.5 Å². The van der Waals surface area contributed by atoms with Crippen LogP contribution in [-0.4, -0.2) is 15.0 Å². The van der Waals surface area contributed by atoms with E-state index in [0.717, 1.165) is 16.8 Å². The Bertz CT molecular complexity index is 2170. The Kier molecular flexibility index (Phi) is 2.88. The van der Waals surface area contributed by atoms with Gasteiger partial charge in [-0.3, -0.25) is 0 Å². The van der Waals surface area contributed by atoms with Crippen molar-refractivity contribution in [1.82, 2.24) is 15.0 Å². The molecule has 156 valence electrons. The number of aromatic nitrogens is 3. The van der Waals surface area contributed by atoms with Gasteiger partial charge in [-0.2, -0.15) is 0 Å². The standard InChI is InChI=1S/C29H18ClN3/c30-24-12-5-11-22(18-24)27-31-28(23-16-15-19-7-1-2-9-21(19)17-23)33-29(32-27)26-14-6-10-20-8-3-4-13-25(20)26/h1-18H/i1D,2D,7D,9D,11D,12D,15D,16D,17D,18D. The highest BCUT2D eigenvalue weighted by Crippen LogP contribution is 2.31. The third kappa shape index (κ3) is 3.73. The number of fused-ring (bicyclic) bond motifs is 2. The van der Waals surface area contributed by atoms with E-state index >= 15 is 0 Å². The fraction of sp³-hybridized carbons (Fsp3) is 0. The highest BCUT2D eigenvalue weighted by molar-refractivity contribution is 6.30. The van der Waals surface area contributed by atoms with Crippen LogP contribution in [0.1, 0.15) is 13.7 Å². The Morgan fingerprint density at radius 3 is 2.18 bits per heavy atom. The molecule has 0 aliphatic carbocycles. The van der Waals surface area contributed by atoms with Gasteiger partial charge in [0, 0.05) is 21.7 Å². The molecular weight excluding hydrogens is 426 g/mol. The SMILES string of the molecule is [2H]c1cc([2H])c(-c2nc(-c3c([2H])c([2H])c4c([2H])c([2H])c([2H])c([2H])c4c3[2H])nc(-c3cccc4ccccc34)n2)c([2H])c1Cl. The van der Waals surface area contributed by atoms with Crippen molar-refractivity contribution in [2.45, 2.75) is 0 Å². The van der Waals surface area contributed by atoms with E-state index in [-0.39, 0.29) is 62.5 Å². The predicted molar refractivity (Wildman–Crippen MR) is 136 cm³/mol. The zero-order valence-corrected chi connectivity index (χ0v) is 17.6. The first kappa shape index (κ1) is 11.7. The Hall–Kier alpha value is -4.08. The Balaban J connectivity index is 1.76. The molecular formula is C29H18ClN3. The molecule has 0 bridgehead atoms. The van der Waals surface area contributed by atoms with E-state index in [1.165, 1.54) is 0 Å². The summed E-state index contributed by atoms with van der Waals surface area (Å²) in [7, 11) is 0. The second-order valence-electron chi connectivity index (χ2n) is 7.08. The molecule has 0 unspecified atom stereocenters. The van der Waals surface area contributed by atoms with Gasteiger partial charge in [-0.05, 0) is 39.7 Å². The van der Waals surface area contributed by atoms with Gasteiger partial charge < -0.3 is 0 Å². The van der Waals surface area contributed by atoms with Crippen molar-refractivity contribution in [3.05, 3.63) is 114 Å². The van der Waals surface area contributed by atoms with Crippen molar-refractivity contribution in [2.75, 3.05) is 0 Å². The zero-order chi connectivity index (χ0) is 30.9. The normalized spacial score (nSPS) is 15.4. The summed E-state index contributed by atoms with van der Waals surface area (Å²) in [5.41, 5.74) is 0.142. The highest BCUT2D eigenvalue weighted by atomic mass is 35.5. The van der Waals surface area contributed by atoms with Crippen LogP contribution in [0.5, 0.6) is 0 Å². The van der Waals surface area contributed by atoms with Gasteiger partial charge >= 0.3 is 0 Å². The molecule has 0 radical (unpaired) electrons. The first-order chi connectivity index (χ1) is 20.4. The van der Waals surface area contributed by atoms with Crippen LogP contribution in [0.2, 0.25) is 5.02 Å². The molecule has 33 heavy (non-hydrogen) atoms. The molecule has 0 fully saturated rings. The monoisotopic (exact) mass is 453 g/mol. The van der Waals surface area contributed by atoms with Gasteiger partial charge in [0.05, 0.1) is 13.7 Å². The minimum Gasteiger partial charge on any atom is -0.208 e.